The van der Waals surface area contributed by atoms with Crippen LogP contribution in [0.4, 0.5) is 5.00 Å². The molecule has 154 valence electrons. The Labute approximate surface area is 174 Å². The molecule has 2 unspecified atom stereocenters. The Morgan fingerprint density at radius 2 is 1.76 bits per heavy atom. The van der Waals surface area contributed by atoms with Crippen molar-refractivity contribution in [3.05, 3.63) is 40.3 Å². The van der Waals surface area contributed by atoms with E-state index in [4.69, 9.17) is 5.73 Å². The summed E-state index contributed by atoms with van der Waals surface area (Å²) >= 11 is 1.30. The molecule has 3 rings (SSSR count). The van der Waals surface area contributed by atoms with E-state index in [-0.39, 0.29) is 11.5 Å². The summed E-state index contributed by atoms with van der Waals surface area (Å²) in [5, 5.41) is 12.7. The minimum absolute atomic E-state index is 0.285. The summed E-state index contributed by atoms with van der Waals surface area (Å²) in [6.45, 7) is 3.96. The minimum atomic E-state index is -0.945. The summed E-state index contributed by atoms with van der Waals surface area (Å²) in [5.74, 6) is -3.20. The number of nitrogens with one attached hydrogen (secondary N) is 1. The number of aryl methyl sites for hydroxylation is 2. The second kappa shape index (κ2) is 8.78. The molecule has 4 N–H and O–H groups in total. The summed E-state index contributed by atoms with van der Waals surface area (Å²) < 4.78 is 0. The van der Waals surface area contributed by atoms with Gasteiger partial charge in [-0.15, -0.1) is 11.3 Å². The molecule has 0 aliphatic heterocycles. The fraction of sp³-hybridized carbons (Fsp3) is 0.409. The van der Waals surface area contributed by atoms with Gasteiger partial charge in [0.15, 0.2) is 0 Å². The highest BCUT2D eigenvalue weighted by molar-refractivity contribution is 7.17. The topological polar surface area (TPSA) is 109 Å². The van der Waals surface area contributed by atoms with Crippen molar-refractivity contribution in [2.45, 2.75) is 46.0 Å². The van der Waals surface area contributed by atoms with E-state index in [0.29, 0.717) is 17.8 Å². The van der Waals surface area contributed by atoms with E-state index in [0.717, 1.165) is 35.3 Å². The number of thiophene rings is 1. The highest BCUT2D eigenvalue weighted by Gasteiger charge is 2.36. The number of nitrogens with two attached hydrogens (primary N) is 1. The molecule has 1 fully saturated rings. The molecule has 1 heterocycles. The first-order valence-electron chi connectivity index (χ1n) is 9.89. The van der Waals surface area contributed by atoms with Gasteiger partial charge in [0.1, 0.15) is 5.00 Å². The molecule has 1 saturated carbocycles. The highest BCUT2D eigenvalue weighted by atomic mass is 32.1. The molecular formula is C22H26N2O4S. The van der Waals surface area contributed by atoms with Crippen molar-refractivity contribution in [2.24, 2.45) is 17.6 Å². The van der Waals surface area contributed by atoms with Gasteiger partial charge in [0.25, 0.3) is 5.91 Å². The Kier molecular flexibility index (Phi) is 6.37. The summed E-state index contributed by atoms with van der Waals surface area (Å²) in [7, 11) is 0. The molecule has 1 aliphatic carbocycles. The van der Waals surface area contributed by atoms with Crippen molar-refractivity contribution in [2.75, 3.05) is 5.32 Å². The van der Waals surface area contributed by atoms with Crippen molar-refractivity contribution in [3.63, 3.8) is 0 Å². The number of rotatable bonds is 6. The van der Waals surface area contributed by atoms with Gasteiger partial charge in [-0.1, -0.05) is 44.0 Å². The molecule has 1 aromatic carbocycles. The maximum Gasteiger partial charge on any atom is 0.307 e. The number of carbonyl (C=O) groups excluding carboxylic acids is 2. The second-order valence-corrected chi connectivity index (χ2v) is 8.70. The summed E-state index contributed by atoms with van der Waals surface area (Å²) in [4.78, 5) is 37.6. The maximum atomic E-state index is 12.9. The van der Waals surface area contributed by atoms with Crippen molar-refractivity contribution in [3.8, 4) is 11.1 Å². The lowest BCUT2D eigenvalue weighted by molar-refractivity contribution is -0.147. The normalized spacial score (nSPS) is 19.0. The molecule has 29 heavy (non-hydrogen) atoms. The SMILES string of the molecule is CCc1ccc(-c2c(C)sc(NC(=O)C3CCCCC3C(=O)O)c2C(N)=O)cc1. The first-order chi connectivity index (χ1) is 13.8. The number of carbonyl (C=O) groups is 3. The van der Waals surface area contributed by atoms with Crippen LogP contribution in [-0.2, 0) is 16.0 Å². The Hall–Kier alpha value is -2.67. The molecule has 0 spiro atoms. The van der Waals surface area contributed by atoms with Gasteiger partial charge in [-0.3, -0.25) is 14.4 Å². The average Bonchev–Trinajstić information content (AvgIpc) is 3.03. The Morgan fingerprint density at radius 1 is 1.14 bits per heavy atom. The molecule has 6 nitrogen and oxygen atoms in total. The number of amides is 2. The van der Waals surface area contributed by atoms with Crippen molar-refractivity contribution < 1.29 is 19.5 Å². The number of aliphatic carboxylic acids is 1. The Morgan fingerprint density at radius 3 is 2.31 bits per heavy atom. The smallest absolute Gasteiger partial charge is 0.307 e. The van der Waals surface area contributed by atoms with Gasteiger partial charge in [-0.05, 0) is 37.3 Å². The number of benzene rings is 1. The number of hydrogen-bond donors (Lipinski definition) is 3. The van der Waals surface area contributed by atoms with Gasteiger partial charge in [0.2, 0.25) is 5.91 Å². The van der Waals surface area contributed by atoms with Crippen LogP contribution in [0.1, 0.15) is 53.4 Å². The first-order valence-corrected chi connectivity index (χ1v) is 10.7. The monoisotopic (exact) mass is 414 g/mol. The molecule has 2 atom stereocenters. The third kappa shape index (κ3) is 4.34. The van der Waals surface area contributed by atoms with E-state index in [1.165, 1.54) is 16.9 Å². The third-order valence-corrected chi connectivity index (χ3v) is 6.66. The zero-order chi connectivity index (χ0) is 21.1. The lowest BCUT2D eigenvalue weighted by Crippen LogP contribution is -2.36. The molecule has 1 aromatic heterocycles. The largest absolute Gasteiger partial charge is 0.481 e. The Bertz CT molecular complexity index is 933. The van der Waals surface area contributed by atoms with Crippen LogP contribution >= 0.6 is 11.3 Å². The Balaban J connectivity index is 1.94. The van der Waals surface area contributed by atoms with E-state index in [1.54, 1.807) is 0 Å². The third-order valence-electron chi connectivity index (χ3n) is 5.64. The summed E-state index contributed by atoms with van der Waals surface area (Å²) in [6, 6.07) is 7.92. The van der Waals surface area contributed by atoms with Crippen LogP contribution < -0.4 is 11.1 Å². The fourth-order valence-corrected chi connectivity index (χ4v) is 5.15. The van der Waals surface area contributed by atoms with E-state index in [1.807, 2.05) is 31.2 Å². The van der Waals surface area contributed by atoms with Crippen LogP contribution in [-0.4, -0.2) is 22.9 Å². The van der Waals surface area contributed by atoms with Gasteiger partial charge < -0.3 is 16.2 Å². The fourth-order valence-electron chi connectivity index (χ4n) is 4.07. The highest BCUT2D eigenvalue weighted by Crippen LogP contribution is 2.41. The number of hydrogen-bond acceptors (Lipinski definition) is 4. The first kappa shape index (κ1) is 21.0. The zero-order valence-electron chi connectivity index (χ0n) is 16.7. The quantitative estimate of drug-likeness (QED) is 0.657. The standard InChI is InChI=1S/C22H26N2O4S/c1-3-13-8-10-14(11-9-13)17-12(2)29-21(18(17)19(23)25)24-20(26)15-6-4-5-7-16(15)22(27)28/h8-11,15-16H,3-7H2,1-2H3,(H2,23,25)(H,24,26)(H,27,28). The van der Waals surface area contributed by atoms with Gasteiger partial charge in [-0.25, -0.2) is 0 Å². The lowest BCUT2D eigenvalue weighted by Gasteiger charge is -2.27. The number of carboxylic acid groups (broad SMARTS) is 1. The van der Waals surface area contributed by atoms with E-state index < -0.39 is 23.7 Å². The average molecular weight is 415 g/mol. The van der Waals surface area contributed by atoms with Crippen LogP contribution in [0, 0.1) is 18.8 Å². The molecule has 0 radical (unpaired) electrons. The molecule has 0 saturated heterocycles. The second-order valence-electron chi connectivity index (χ2n) is 7.48. The van der Waals surface area contributed by atoms with Crippen LogP contribution in [0.3, 0.4) is 0 Å². The molecule has 1 aliphatic rings. The molecular weight excluding hydrogens is 388 g/mol. The number of primary amides is 1. The molecule has 0 bridgehead atoms. The van der Waals surface area contributed by atoms with E-state index in [9.17, 15) is 19.5 Å². The van der Waals surface area contributed by atoms with Crippen LogP contribution in [0.5, 0.6) is 0 Å². The molecule has 7 heteroatoms. The van der Waals surface area contributed by atoms with Crippen molar-refractivity contribution in [1.29, 1.82) is 0 Å². The predicted molar refractivity (Wildman–Crippen MR) is 114 cm³/mol. The molecule has 2 aromatic rings. The van der Waals surface area contributed by atoms with Crippen LogP contribution in [0.2, 0.25) is 0 Å². The zero-order valence-corrected chi connectivity index (χ0v) is 17.5. The maximum absolute atomic E-state index is 12.9. The lowest BCUT2D eigenvalue weighted by atomic mass is 9.78. The summed E-state index contributed by atoms with van der Waals surface area (Å²) in [5.41, 5.74) is 8.74. The molecule has 2 amide bonds. The van der Waals surface area contributed by atoms with Gasteiger partial charge in [0.05, 0.1) is 17.4 Å². The van der Waals surface area contributed by atoms with E-state index in [2.05, 4.69) is 12.2 Å². The van der Waals surface area contributed by atoms with Crippen molar-refractivity contribution in [1.82, 2.24) is 0 Å². The predicted octanol–water partition coefficient (Wildman–Crippen LogP) is 4.21. The van der Waals surface area contributed by atoms with Gasteiger partial charge in [0, 0.05) is 10.4 Å². The van der Waals surface area contributed by atoms with Gasteiger partial charge >= 0.3 is 5.97 Å². The number of carboxylic acids is 1. The summed E-state index contributed by atoms with van der Waals surface area (Å²) in [6.07, 6.45) is 3.57. The van der Waals surface area contributed by atoms with Crippen LogP contribution in [0.25, 0.3) is 11.1 Å². The number of anilines is 1. The minimum Gasteiger partial charge on any atom is -0.481 e. The van der Waals surface area contributed by atoms with Gasteiger partial charge in [-0.2, -0.15) is 0 Å². The van der Waals surface area contributed by atoms with Crippen LogP contribution in [0.15, 0.2) is 24.3 Å². The van der Waals surface area contributed by atoms with Crippen molar-refractivity contribution >= 4 is 34.1 Å². The van der Waals surface area contributed by atoms with E-state index >= 15 is 0 Å².